The van der Waals surface area contributed by atoms with E-state index in [-0.39, 0.29) is 5.91 Å². The first-order valence-corrected chi connectivity index (χ1v) is 9.04. The summed E-state index contributed by atoms with van der Waals surface area (Å²) < 4.78 is 6.50. The quantitative estimate of drug-likeness (QED) is 0.626. The lowest BCUT2D eigenvalue weighted by molar-refractivity contribution is 0.102. The average Bonchev–Trinajstić information content (AvgIpc) is 2.53. The van der Waals surface area contributed by atoms with E-state index in [0.29, 0.717) is 28.8 Å². The SMILES string of the molecule is Cc1c(Cl)cccc1NC(=O)c1ccc(OCCC(C)C)c(Br)c1. The van der Waals surface area contributed by atoms with Gasteiger partial charge in [-0.25, -0.2) is 0 Å². The molecule has 0 aromatic heterocycles. The Morgan fingerprint density at radius 3 is 2.71 bits per heavy atom. The predicted molar refractivity (Wildman–Crippen MR) is 103 cm³/mol. The van der Waals surface area contributed by atoms with Crippen LogP contribution in [0.3, 0.4) is 0 Å². The highest BCUT2D eigenvalue weighted by Gasteiger charge is 2.11. The van der Waals surface area contributed by atoms with Crippen LogP contribution in [0.2, 0.25) is 5.02 Å². The van der Waals surface area contributed by atoms with Crippen molar-refractivity contribution in [3.8, 4) is 5.75 Å². The van der Waals surface area contributed by atoms with E-state index in [1.165, 1.54) is 0 Å². The summed E-state index contributed by atoms with van der Waals surface area (Å²) in [6.07, 6.45) is 0.989. The minimum absolute atomic E-state index is 0.185. The van der Waals surface area contributed by atoms with Gasteiger partial charge in [0.1, 0.15) is 5.75 Å². The molecule has 1 amide bonds. The molecule has 5 heteroatoms. The maximum atomic E-state index is 12.4. The van der Waals surface area contributed by atoms with Crippen molar-refractivity contribution in [2.24, 2.45) is 5.92 Å². The molecule has 1 N–H and O–H groups in total. The van der Waals surface area contributed by atoms with Gasteiger partial charge in [0, 0.05) is 16.3 Å². The largest absolute Gasteiger partial charge is 0.492 e. The Bertz CT molecular complexity index is 731. The zero-order valence-electron chi connectivity index (χ0n) is 14.0. The maximum Gasteiger partial charge on any atom is 0.255 e. The normalized spacial score (nSPS) is 10.8. The molecule has 0 fully saturated rings. The standard InChI is InChI=1S/C19H21BrClNO2/c1-12(2)9-10-24-18-8-7-14(11-15(18)20)19(23)22-17-6-4-5-16(21)13(17)3/h4-8,11-12H,9-10H2,1-3H3,(H,22,23). The third-order valence-corrected chi connectivity index (χ3v) is 4.69. The molecule has 0 saturated heterocycles. The predicted octanol–water partition coefficient (Wildman–Crippen LogP) is 6.09. The van der Waals surface area contributed by atoms with Crippen LogP contribution in [0.1, 0.15) is 36.2 Å². The first-order chi connectivity index (χ1) is 11.4. The maximum absolute atomic E-state index is 12.4. The molecule has 0 radical (unpaired) electrons. The zero-order chi connectivity index (χ0) is 17.7. The molecule has 0 aliphatic rings. The molecule has 0 heterocycles. The number of amides is 1. The van der Waals surface area contributed by atoms with E-state index in [1.54, 1.807) is 18.2 Å². The van der Waals surface area contributed by atoms with Gasteiger partial charge in [-0.05, 0) is 71.1 Å². The Balaban J connectivity index is 2.07. The summed E-state index contributed by atoms with van der Waals surface area (Å²) in [6.45, 7) is 6.84. The van der Waals surface area contributed by atoms with Crippen molar-refractivity contribution in [3.63, 3.8) is 0 Å². The molecule has 0 aliphatic heterocycles. The highest BCUT2D eigenvalue weighted by Crippen LogP contribution is 2.28. The van der Waals surface area contributed by atoms with Crippen LogP contribution in [-0.4, -0.2) is 12.5 Å². The van der Waals surface area contributed by atoms with Crippen molar-refractivity contribution < 1.29 is 9.53 Å². The summed E-state index contributed by atoms with van der Waals surface area (Å²) in [7, 11) is 0. The number of hydrogen-bond donors (Lipinski definition) is 1. The molecule has 24 heavy (non-hydrogen) atoms. The van der Waals surface area contributed by atoms with Gasteiger partial charge in [-0.15, -0.1) is 0 Å². The van der Waals surface area contributed by atoms with Crippen LogP contribution in [0.5, 0.6) is 5.75 Å². The van der Waals surface area contributed by atoms with E-state index in [1.807, 2.05) is 25.1 Å². The Morgan fingerprint density at radius 1 is 1.29 bits per heavy atom. The number of anilines is 1. The molecular weight excluding hydrogens is 390 g/mol. The van der Waals surface area contributed by atoms with Crippen molar-refractivity contribution in [1.82, 2.24) is 0 Å². The van der Waals surface area contributed by atoms with Gasteiger partial charge in [0.25, 0.3) is 5.91 Å². The van der Waals surface area contributed by atoms with Gasteiger partial charge < -0.3 is 10.1 Å². The average molecular weight is 411 g/mol. The first-order valence-electron chi connectivity index (χ1n) is 7.87. The Kier molecular flexibility index (Phi) is 6.69. The van der Waals surface area contributed by atoms with Gasteiger partial charge in [0.2, 0.25) is 0 Å². The summed E-state index contributed by atoms with van der Waals surface area (Å²) >= 11 is 9.55. The summed E-state index contributed by atoms with van der Waals surface area (Å²) in [6, 6.07) is 10.8. The van der Waals surface area contributed by atoms with Crippen LogP contribution in [-0.2, 0) is 0 Å². The molecule has 128 valence electrons. The number of ether oxygens (including phenoxy) is 1. The number of nitrogens with one attached hydrogen (secondary N) is 1. The van der Waals surface area contributed by atoms with E-state index in [0.717, 1.165) is 22.2 Å². The van der Waals surface area contributed by atoms with E-state index < -0.39 is 0 Å². The molecule has 2 aromatic rings. The second-order valence-electron chi connectivity index (χ2n) is 6.04. The van der Waals surface area contributed by atoms with E-state index in [2.05, 4.69) is 35.1 Å². The minimum atomic E-state index is -0.185. The smallest absolute Gasteiger partial charge is 0.255 e. The fraction of sp³-hybridized carbons (Fsp3) is 0.316. The highest BCUT2D eigenvalue weighted by atomic mass is 79.9. The van der Waals surface area contributed by atoms with Crippen molar-refractivity contribution in [1.29, 1.82) is 0 Å². The van der Waals surface area contributed by atoms with Crippen LogP contribution in [0.25, 0.3) is 0 Å². The monoisotopic (exact) mass is 409 g/mol. The van der Waals surface area contributed by atoms with Crippen LogP contribution < -0.4 is 10.1 Å². The lowest BCUT2D eigenvalue weighted by Crippen LogP contribution is -2.13. The van der Waals surface area contributed by atoms with E-state index in [4.69, 9.17) is 16.3 Å². The number of hydrogen-bond acceptors (Lipinski definition) is 2. The minimum Gasteiger partial charge on any atom is -0.492 e. The Labute approximate surface area is 156 Å². The third kappa shape index (κ3) is 4.99. The van der Waals surface area contributed by atoms with Gasteiger partial charge in [0.05, 0.1) is 11.1 Å². The number of carbonyl (C=O) groups excluding carboxylic acids is 1. The van der Waals surface area contributed by atoms with E-state index >= 15 is 0 Å². The van der Waals surface area contributed by atoms with Crippen molar-refractivity contribution in [3.05, 3.63) is 57.0 Å². The lowest BCUT2D eigenvalue weighted by Gasteiger charge is -2.12. The molecular formula is C19H21BrClNO2. The molecule has 3 nitrogen and oxygen atoms in total. The van der Waals surface area contributed by atoms with Gasteiger partial charge in [-0.2, -0.15) is 0 Å². The molecule has 0 bridgehead atoms. The number of rotatable bonds is 6. The fourth-order valence-corrected chi connectivity index (χ4v) is 2.77. The number of halogens is 2. The van der Waals surface area contributed by atoms with Crippen molar-refractivity contribution in [2.75, 3.05) is 11.9 Å². The van der Waals surface area contributed by atoms with Crippen LogP contribution in [0.4, 0.5) is 5.69 Å². The zero-order valence-corrected chi connectivity index (χ0v) is 16.4. The van der Waals surface area contributed by atoms with Gasteiger partial charge in [-0.1, -0.05) is 31.5 Å². The number of carbonyl (C=O) groups is 1. The molecule has 0 saturated carbocycles. The first kappa shape index (κ1) is 18.8. The van der Waals surface area contributed by atoms with E-state index in [9.17, 15) is 4.79 Å². The van der Waals surface area contributed by atoms with Gasteiger partial charge in [0.15, 0.2) is 0 Å². The van der Waals surface area contributed by atoms with Crippen molar-refractivity contribution >= 4 is 39.1 Å². The molecule has 0 unspecified atom stereocenters. The summed E-state index contributed by atoms with van der Waals surface area (Å²) in [4.78, 5) is 12.4. The second kappa shape index (κ2) is 8.54. The lowest BCUT2D eigenvalue weighted by atomic mass is 10.1. The van der Waals surface area contributed by atoms with Crippen LogP contribution in [0.15, 0.2) is 40.9 Å². The van der Waals surface area contributed by atoms with Gasteiger partial charge in [-0.3, -0.25) is 4.79 Å². The van der Waals surface area contributed by atoms with Crippen molar-refractivity contribution in [2.45, 2.75) is 27.2 Å². The Hall–Kier alpha value is -1.52. The number of benzene rings is 2. The summed E-state index contributed by atoms with van der Waals surface area (Å²) in [5.74, 6) is 1.15. The highest BCUT2D eigenvalue weighted by molar-refractivity contribution is 9.10. The molecule has 2 rings (SSSR count). The summed E-state index contributed by atoms with van der Waals surface area (Å²) in [5, 5.41) is 3.51. The second-order valence-corrected chi connectivity index (χ2v) is 7.30. The summed E-state index contributed by atoms with van der Waals surface area (Å²) in [5.41, 5.74) is 2.11. The van der Waals surface area contributed by atoms with Crippen LogP contribution in [0, 0.1) is 12.8 Å². The Morgan fingerprint density at radius 2 is 2.04 bits per heavy atom. The topological polar surface area (TPSA) is 38.3 Å². The molecule has 0 aliphatic carbocycles. The van der Waals surface area contributed by atoms with Crippen LogP contribution >= 0.6 is 27.5 Å². The fourth-order valence-electron chi connectivity index (χ4n) is 2.10. The molecule has 0 spiro atoms. The third-order valence-electron chi connectivity index (χ3n) is 3.66. The molecule has 2 aromatic carbocycles. The van der Waals surface area contributed by atoms with Gasteiger partial charge >= 0.3 is 0 Å². The molecule has 0 atom stereocenters.